The highest BCUT2D eigenvalue weighted by atomic mass is 35.5. The number of rotatable bonds is 1. The SMILES string of the molecule is CC(=O)C1=Cc2c(Cl)cccc2C1. The van der Waals surface area contributed by atoms with Crippen molar-refractivity contribution in [3.63, 3.8) is 0 Å². The van der Waals surface area contributed by atoms with Gasteiger partial charge in [0.15, 0.2) is 5.78 Å². The van der Waals surface area contributed by atoms with Gasteiger partial charge >= 0.3 is 0 Å². The van der Waals surface area contributed by atoms with Crippen LogP contribution in [0.15, 0.2) is 23.8 Å². The smallest absolute Gasteiger partial charge is 0.156 e. The lowest BCUT2D eigenvalue weighted by Crippen LogP contribution is -1.94. The lowest BCUT2D eigenvalue weighted by molar-refractivity contribution is -0.113. The lowest BCUT2D eigenvalue weighted by Gasteiger charge is -1.98. The van der Waals surface area contributed by atoms with Gasteiger partial charge in [-0.3, -0.25) is 4.79 Å². The van der Waals surface area contributed by atoms with Crippen LogP contribution in [-0.2, 0) is 11.2 Å². The van der Waals surface area contributed by atoms with Gasteiger partial charge in [-0.25, -0.2) is 0 Å². The number of allylic oxidation sites excluding steroid dienone is 1. The van der Waals surface area contributed by atoms with E-state index >= 15 is 0 Å². The third kappa shape index (κ3) is 1.40. The molecule has 1 aliphatic carbocycles. The summed E-state index contributed by atoms with van der Waals surface area (Å²) in [5, 5.41) is 0.730. The van der Waals surface area contributed by atoms with E-state index in [1.165, 1.54) is 0 Å². The normalized spacial score (nSPS) is 13.8. The minimum Gasteiger partial charge on any atom is -0.295 e. The van der Waals surface area contributed by atoms with Crippen molar-refractivity contribution in [3.05, 3.63) is 39.9 Å². The largest absolute Gasteiger partial charge is 0.295 e. The standard InChI is InChI=1S/C11H9ClO/c1-7(13)9-5-8-3-2-4-11(12)10(8)6-9/h2-4,6H,5H2,1H3. The quantitative estimate of drug-likeness (QED) is 0.669. The maximum absolute atomic E-state index is 11.1. The van der Waals surface area contributed by atoms with Crippen LogP contribution in [0.5, 0.6) is 0 Å². The predicted octanol–water partition coefficient (Wildman–Crippen LogP) is 2.87. The van der Waals surface area contributed by atoms with Crippen LogP contribution in [0.2, 0.25) is 5.02 Å². The van der Waals surface area contributed by atoms with Gasteiger partial charge in [0.2, 0.25) is 0 Å². The van der Waals surface area contributed by atoms with E-state index in [0.717, 1.165) is 28.1 Å². The summed E-state index contributed by atoms with van der Waals surface area (Å²) >= 11 is 5.98. The molecule has 0 atom stereocenters. The molecule has 2 rings (SSSR count). The van der Waals surface area contributed by atoms with Gasteiger partial charge in [0.25, 0.3) is 0 Å². The van der Waals surface area contributed by atoms with Crippen molar-refractivity contribution in [1.29, 1.82) is 0 Å². The Morgan fingerprint density at radius 1 is 1.46 bits per heavy atom. The molecule has 0 spiro atoms. The highest BCUT2D eigenvalue weighted by molar-refractivity contribution is 6.32. The minimum atomic E-state index is 0.132. The Hall–Kier alpha value is -1.08. The highest BCUT2D eigenvalue weighted by Crippen LogP contribution is 2.30. The topological polar surface area (TPSA) is 17.1 Å². The molecule has 13 heavy (non-hydrogen) atoms. The molecule has 1 nitrogen and oxygen atoms in total. The molecule has 0 saturated carbocycles. The van der Waals surface area contributed by atoms with Crippen LogP contribution < -0.4 is 0 Å². The van der Waals surface area contributed by atoms with Crippen LogP contribution in [-0.4, -0.2) is 5.78 Å². The molecule has 0 amide bonds. The minimum absolute atomic E-state index is 0.132. The number of hydrogen-bond acceptors (Lipinski definition) is 1. The monoisotopic (exact) mass is 192 g/mol. The van der Waals surface area contributed by atoms with E-state index in [9.17, 15) is 4.79 Å². The number of hydrogen-bond donors (Lipinski definition) is 0. The maximum Gasteiger partial charge on any atom is 0.156 e. The summed E-state index contributed by atoms with van der Waals surface area (Å²) in [5.41, 5.74) is 3.01. The van der Waals surface area contributed by atoms with Crippen LogP contribution in [0.1, 0.15) is 18.1 Å². The zero-order valence-corrected chi connectivity index (χ0v) is 8.06. The molecular formula is C11H9ClO. The third-order valence-corrected chi connectivity index (χ3v) is 2.62. The van der Waals surface area contributed by atoms with Crippen molar-refractivity contribution in [2.24, 2.45) is 0 Å². The van der Waals surface area contributed by atoms with E-state index in [-0.39, 0.29) is 5.78 Å². The van der Waals surface area contributed by atoms with Gasteiger partial charge in [0.05, 0.1) is 0 Å². The molecule has 0 unspecified atom stereocenters. The fourth-order valence-electron chi connectivity index (χ4n) is 1.55. The molecule has 1 aromatic carbocycles. The summed E-state index contributed by atoms with van der Waals surface area (Å²) in [5.74, 6) is 0.132. The Kier molecular flexibility index (Phi) is 1.97. The Morgan fingerprint density at radius 2 is 2.23 bits per heavy atom. The van der Waals surface area contributed by atoms with Gasteiger partial charge in [0.1, 0.15) is 0 Å². The fraction of sp³-hybridized carbons (Fsp3) is 0.182. The summed E-state index contributed by atoms with van der Waals surface area (Å²) in [4.78, 5) is 11.1. The molecule has 2 heteroatoms. The van der Waals surface area contributed by atoms with Gasteiger partial charge in [-0.1, -0.05) is 23.7 Å². The molecule has 66 valence electrons. The van der Waals surface area contributed by atoms with Crippen molar-refractivity contribution >= 4 is 23.5 Å². The second-order valence-electron chi connectivity index (χ2n) is 3.22. The first kappa shape index (κ1) is 8.52. The Balaban J connectivity index is 2.49. The Labute approximate surface area is 82.0 Å². The van der Waals surface area contributed by atoms with Gasteiger partial charge in [0, 0.05) is 11.4 Å². The summed E-state index contributed by atoms with van der Waals surface area (Å²) in [6, 6.07) is 5.77. The average molecular weight is 193 g/mol. The lowest BCUT2D eigenvalue weighted by atomic mass is 10.1. The van der Waals surface area contributed by atoms with Crippen molar-refractivity contribution in [2.45, 2.75) is 13.3 Å². The maximum atomic E-state index is 11.1. The van der Waals surface area contributed by atoms with Gasteiger partial charge < -0.3 is 0 Å². The van der Waals surface area contributed by atoms with Gasteiger partial charge in [-0.2, -0.15) is 0 Å². The molecule has 0 saturated heterocycles. The number of fused-ring (bicyclic) bond motifs is 1. The molecule has 0 radical (unpaired) electrons. The first-order valence-electron chi connectivity index (χ1n) is 4.17. The molecule has 1 aliphatic rings. The zero-order valence-electron chi connectivity index (χ0n) is 7.30. The van der Waals surface area contributed by atoms with Crippen molar-refractivity contribution in [3.8, 4) is 0 Å². The molecule has 0 aliphatic heterocycles. The summed E-state index contributed by atoms with van der Waals surface area (Å²) in [7, 11) is 0. The predicted molar refractivity (Wildman–Crippen MR) is 53.8 cm³/mol. The van der Waals surface area contributed by atoms with E-state index in [1.54, 1.807) is 6.92 Å². The molecular weight excluding hydrogens is 184 g/mol. The average Bonchev–Trinajstić information content (AvgIpc) is 2.49. The molecule has 0 heterocycles. The van der Waals surface area contributed by atoms with Crippen molar-refractivity contribution in [2.75, 3.05) is 0 Å². The fourth-order valence-corrected chi connectivity index (χ4v) is 1.80. The Bertz CT molecular complexity index is 405. The summed E-state index contributed by atoms with van der Waals surface area (Å²) < 4.78 is 0. The van der Waals surface area contributed by atoms with Crippen LogP contribution in [0, 0.1) is 0 Å². The number of carbonyl (C=O) groups excluding carboxylic acids is 1. The molecule has 0 aromatic heterocycles. The molecule has 0 fully saturated rings. The van der Waals surface area contributed by atoms with Crippen LogP contribution >= 0.6 is 11.6 Å². The van der Waals surface area contributed by atoms with Gasteiger partial charge in [-0.05, 0) is 35.8 Å². The zero-order chi connectivity index (χ0) is 9.42. The summed E-state index contributed by atoms with van der Waals surface area (Å²) in [6.45, 7) is 1.59. The van der Waals surface area contributed by atoms with E-state index in [1.807, 2.05) is 24.3 Å². The third-order valence-electron chi connectivity index (χ3n) is 2.29. The molecule has 0 bridgehead atoms. The van der Waals surface area contributed by atoms with Crippen LogP contribution in [0.25, 0.3) is 6.08 Å². The van der Waals surface area contributed by atoms with Crippen LogP contribution in [0.4, 0.5) is 0 Å². The molecule has 0 N–H and O–H groups in total. The van der Waals surface area contributed by atoms with Crippen molar-refractivity contribution in [1.82, 2.24) is 0 Å². The van der Waals surface area contributed by atoms with E-state index in [0.29, 0.717) is 0 Å². The molecule has 1 aromatic rings. The first-order chi connectivity index (χ1) is 6.18. The number of carbonyl (C=O) groups is 1. The van der Waals surface area contributed by atoms with Gasteiger partial charge in [-0.15, -0.1) is 0 Å². The Morgan fingerprint density at radius 3 is 2.85 bits per heavy atom. The highest BCUT2D eigenvalue weighted by Gasteiger charge is 2.16. The van der Waals surface area contributed by atoms with E-state index < -0.39 is 0 Å². The van der Waals surface area contributed by atoms with Crippen molar-refractivity contribution < 1.29 is 4.79 Å². The van der Waals surface area contributed by atoms with Crippen LogP contribution in [0.3, 0.4) is 0 Å². The van der Waals surface area contributed by atoms with E-state index in [4.69, 9.17) is 11.6 Å². The second kappa shape index (κ2) is 3.00. The van der Waals surface area contributed by atoms with E-state index in [2.05, 4.69) is 0 Å². The number of ketones is 1. The number of halogens is 1. The first-order valence-corrected chi connectivity index (χ1v) is 4.55. The summed E-state index contributed by atoms with van der Waals surface area (Å²) in [6.07, 6.45) is 2.62. The number of Topliss-reactive ketones (excluding diaryl/α,β-unsaturated/α-hetero) is 1. The number of benzene rings is 1. The second-order valence-corrected chi connectivity index (χ2v) is 3.62.